The molecule has 0 saturated carbocycles. The Hall–Kier alpha value is -2.14. The fourth-order valence-electron chi connectivity index (χ4n) is 1.76. The number of thioether (sulfide) groups is 1. The maximum atomic E-state index is 4.54. The van der Waals surface area contributed by atoms with Crippen molar-refractivity contribution in [3.63, 3.8) is 0 Å². The first-order chi connectivity index (χ1) is 9.36. The molecule has 19 heavy (non-hydrogen) atoms. The lowest BCUT2D eigenvalue weighted by atomic mass is 10.2. The van der Waals surface area contributed by atoms with Crippen LogP contribution in [-0.4, -0.2) is 26.0 Å². The minimum absolute atomic E-state index is 0.770. The number of nitrogens with zero attached hydrogens (tertiary/aromatic N) is 4. The third-order valence-electron chi connectivity index (χ3n) is 2.72. The summed E-state index contributed by atoms with van der Waals surface area (Å²) in [6.45, 7) is 0. The fourth-order valence-corrected chi connectivity index (χ4v) is 2.07. The molecule has 0 N–H and O–H groups in total. The Morgan fingerprint density at radius 2 is 1.74 bits per heavy atom. The van der Waals surface area contributed by atoms with Gasteiger partial charge in [-0.25, -0.2) is 14.6 Å². The van der Waals surface area contributed by atoms with Crippen molar-refractivity contribution in [2.75, 3.05) is 6.26 Å². The fraction of sp³-hybridized carbons (Fsp3) is 0.0714. The summed E-state index contributed by atoms with van der Waals surface area (Å²) in [5.41, 5.74) is 2.83. The van der Waals surface area contributed by atoms with E-state index in [-0.39, 0.29) is 0 Å². The van der Waals surface area contributed by atoms with Gasteiger partial charge in [0.15, 0.2) is 5.16 Å². The van der Waals surface area contributed by atoms with Gasteiger partial charge in [0.05, 0.1) is 11.4 Å². The Morgan fingerprint density at radius 3 is 2.42 bits per heavy atom. The van der Waals surface area contributed by atoms with Crippen molar-refractivity contribution >= 4 is 11.8 Å². The van der Waals surface area contributed by atoms with Gasteiger partial charge in [0.1, 0.15) is 0 Å². The molecule has 0 bridgehead atoms. The average Bonchev–Trinajstić information content (AvgIpc) is 2.98. The molecule has 1 aromatic carbocycles. The Kier molecular flexibility index (Phi) is 3.29. The standard InChI is InChI=1S/C14H12N4S/c1-19-14-15-9-11(10-16-14)13-7-8-18(17-13)12-5-3-2-4-6-12/h2-10H,1H3. The SMILES string of the molecule is CSc1ncc(-c2ccn(-c3ccccc3)n2)cn1. The predicted octanol–water partition coefficient (Wildman–Crippen LogP) is 3.05. The van der Waals surface area contributed by atoms with Gasteiger partial charge in [0.2, 0.25) is 0 Å². The first kappa shape index (κ1) is 11.9. The van der Waals surface area contributed by atoms with Crippen molar-refractivity contribution < 1.29 is 0 Å². The number of benzene rings is 1. The summed E-state index contributed by atoms with van der Waals surface area (Å²) >= 11 is 1.53. The summed E-state index contributed by atoms with van der Waals surface area (Å²) in [5, 5.41) is 5.31. The molecule has 0 radical (unpaired) electrons. The van der Waals surface area contributed by atoms with Crippen LogP contribution in [0.15, 0.2) is 60.1 Å². The van der Waals surface area contributed by atoms with Crippen molar-refractivity contribution in [1.29, 1.82) is 0 Å². The molecule has 0 aliphatic carbocycles. The number of rotatable bonds is 3. The van der Waals surface area contributed by atoms with Crippen molar-refractivity contribution in [2.24, 2.45) is 0 Å². The van der Waals surface area contributed by atoms with Crippen LogP contribution in [0.3, 0.4) is 0 Å². The lowest BCUT2D eigenvalue weighted by Crippen LogP contribution is -1.94. The quantitative estimate of drug-likeness (QED) is 0.541. The molecule has 0 atom stereocenters. The van der Waals surface area contributed by atoms with Crippen LogP contribution in [0.4, 0.5) is 0 Å². The maximum absolute atomic E-state index is 4.54. The molecule has 4 nitrogen and oxygen atoms in total. The molecule has 2 heterocycles. The zero-order valence-electron chi connectivity index (χ0n) is 10.4. The van der Waals surface area contributed by atoms with E-state index in [1.807, 2.05) is 53.5 Å². The lowest BCUT2D eigenvalue weighted by molar-refractivity contribution is 0.881. The molecule has 3 aromatic rings. The largest absolute Gasteiger partial charge is 0.240 e. The third kappa shape index (κ3) is 2.51. The zero-order valence-corrected chi connectivity index (χ0v) is 11.2. The minimum atomic E-state index is 0.770. The highest BCUT2D eigenvalue weighted by Crippen LogP contribution is 2.18. The first-order valence-corrected chi connectivity index (χ1v) is 7.07. The highest BCUT2D eigenvalue weighted by molar-refractivity contribution is 7.98. The van der Waals surface area contributed by atoms with E-state index in [0.717, 1.165) is 22.1 Å². The summed E-state index contributed by atoms with van der Waals surface area (Å²) in [6, 6.07) is 12.0. The molecule has 3 rings (SSSR count). The Balaban J connectivity index is 1.92. The second-order valence-electron chi connectivity index (χ2n) is 3.94. The summed E-state index contributed by atoms with van der Waals surface area (Å²) < 4.78 is 1.85. The predicted molar refractivity (Wildman–Crippen MR) is 76.4 cm³/mol. The molecular formula is C14H12N4S. The van der Waals surface area contributed by atoms with Crippen LogP contribution in [0.1, 0.15) is 0 Å². The van der Waals surface area contributed by atoms with Crippen LogP contribution < -0.4 is 0 Å². The van der Waals surface area contributed by atoms with Crippen LogP contribution >= 0.6 is 11.8 Å². The van der Waals surface area contributed by atoms with E-state index in [0.29, 0.717) is 0 Å². The molecule has 0 spiro atoms. The van der Waals surface area contributed by atoms with Gasteiger partial charge in [-0.3, -0.25) is 0 Å². The van der Waals surface area contributed by atoms with Crippen molar-refractivity contribution in [3.8, 4) is 16.9 Å². The van der Waals surface area contributed by atoms with Crippen LogP contribution in [0.2, 0.25) is 0 Å². The van der Waals surface area contributed by atoms with Crippen molar-refractivity contribution in [3.05, 3.63) is 55.0 Å². The van der Waals surface area contributed by atoms with Gasteiger partial charge in [0, 0.05) is 24.2 Å². The molecule has 94 valence electrons. The Labute approximate surface area is 115 Å². The topological polar surface area (TPSA) is 43.6 Å². The van der Waals surface area contributed by atoms with Gasteiger partial charge in [-0.2, -0.15) is 5.10 Å². The number of para-hydroxylation sites is 1. The normalized spacial score (nSPS) is 10.6. The second kappa shape index (κ2) is 5.24. The van der Waals surface area contributed by atoms with E-state index < -0.39 is 0 Å². The van der Waals surface area contributed by atoms with Crippen LogP contribution in [0.5, 0.6) is 0 Å². The highest BCUT2D eigenvalue weighted by Gasteiger charge is 2.05. The molecule has 0 aliphatic rings. The van der Waals surface area contributed by atoms with Gasteiger partial charge >= 0.3 is 0 Å². The maximum Gasteiger partial charge on any atom is 0.187 e. The van der Waals surface area contributed by atoms with Crippen molar-refractivity contribution in [2.45, 2.75) is 5.16 Å². The van der Waals surface area contributed by atoms with E-state index in [2.05, 4.69) is 15.1 Å². The van der Waals surface area contributed by atoms with Gasteiger partial charge in [-0.05, 0) is 24.5 Å². The van der Waals surface area contributed by atoms with Gasteiger partial charge < -0.3 is 0 Å². The van der Waals surface area contributed by atoms with E-state index in [4.69, 9.17) is 0 Å². The first-order valence-electron chi connectivity index (χ1n) is 5.84. The molecule has 0 fully saturated rings. The minimum Gasteiger partial charge on any atom is -0.240 e. The van der Waals surface area contributed by atoms with Crippen LogP contribution in [-0.2, 0) is 0 Å². The van der Waals surface area contributed by atoms with E-state index in [1.165, 1.54) is 11.8 Å². The number of aromatic nitrogens is 4. The summed E-state index contributed by atoms with van der Waals surface area (Å²) in [6.07, 6.45) is 7.50. The van der Waals surface area contributed by atoms with Crippen molar-refractivity contribution in [1.82, 2.24) is 19.7 Å². The average molecular weight is 268 g/mol. The lowest BCUT2D eigenvalue weighted by Gasteiger charge is -2.00. The number of hydrogen-bond donors (Lipinski definition) is 0. The Bertz CT molecular complexity index is 661. The monoisotopic (exact) mass is 268 g/mol. The molecule has 0 amide bonds. The molecule has 0 aliphatic heterocycles. The smallest absolute Gasteiger partial charge is 0.187 e. The highest BCUT2D eigenvalue weighted by atomic mass is 32.2. The Morgan fingerprint density at radius 1 is 1.00 bits per heavy atom. The van der Waals surface area contributed by atoms with E-state index in [1.54, 1.807) is 12.4 Å². The number of hydrogen-bond acceptors (Lipinski definition) is 4. The summed E-state index contributed by atoms with van der Waals surface area (Å²) in [5.74, 6) is 0. The summed E-state index contributed by atoms with van der Waals surface area (Å²) in [7, 11) is 0. The zero-order chi connectivity index (χ0) is 13.1. The molecule has 0 unspecified atom stereocenters. The molecule has 2 aromatic heterocycles. The third-order valence-corrected chi connectivity index (χ3v) is 3.29. The van der Waals surface area contributed by atoms with Crippen LogP contribution in [0, 0.1) is 0 Å². The van der Waals surface area contributed by atoms with Gasteiger partial charge in [-0.15, -0.1) is 0 Å². The summed E-state index contributed by atoms with van der Waals surface area (Å²) in [4.78, 5) is 8.52. The second-order valence-corrected chi connectivity index (χ2v) is 4.71. The van der Waals surface area contributed by atoms with E-state index >= 15 is 0 Å². The van der Waals surface area contributed by atoms with Crippen LogP contribution in [0.25, 0.3) is 16.9 Å². The van der Waals surface area contributed by atoms with E-state index in [9.17, 15) is 0 Å². The van der Waals surface area contributed by atoms with Gasteiger partial charge in [-0.1, -0.05) is 30.0 Å². The molecular weight excluding hydrogens is 256 g/mol. The molecule has 0 saturated heterocycles. The van der Waals surface area contributed by atoms with Gasteiger partial charge in [0.25, 0.3) is 0 Å². The molecule has 5 heteroatoms.